The third kappa shape index (κ3) is 4.69. The molecule has 0 spiro atoms. The summed E-state index contributed by atoms with van der Waals surface area (Å²) in [5.41, 5.74) is -0.197. The van der Waals surface area contributed by atoms with E-state index in [0.717, 1.165) is 12.1 Å². The average molecular weight is 401 g/mol. The van der Waals surface area contributed by atoms with Crippen molar-refractivity contribution < 1.29 is 22.6 Å². The van der Waals surface area contributed by atoms with Crippen LogP contribution in [0.25, 0.3) is 0 Å². The Hall–Kier alpha value is -1.58. The second-order valence-electron chi connectivity index (χ2n) is 4.04. The first-order valence-corrected chi connectivity index (χ1v) is 7.77. The fourth-order valence-electron chi connectivity index (χ4n) is 1.57. The van der Waals surface area contributed by atoms with E-state index in [4.69, 9.17) is 32.5 Å². The van der Waals surface area contributed by atoms with Crippen LogP contribution >= 0.6 is 35.6 Å². The minimum Gasteiger partial charge on any atom is -0.456 e. The number of rotatable bonds is 4. The fourth-order valence-corrected chi connectivity index (χ4v) is 2.79. The minimum atomic E-state index is -4.43. The van der Waals surface area contributed by atoms with Gasteiger partial charge >= 0.3 is 0 Å². The molecule has 0 aliphatic heterocycles. The number of benzene rings is 2. The lowest BCUT2D eigenvalue weighted by atomic mass is 10.3. The molecule has 1 N–H and O–H groups in total. The zero-order valence-electron chi connectivity index (χ0n) is 11.0. The van der Waals surface area contributed by atoms with Gasteiger partial charge in [-0.1, -0.05) is 23.2 Å². The monoisotopic (exact) mass is 399 g/mol. The normalized spacial score (nSPS) is 10.7. The molecule has 0 amide bonds. The number of non-ortho nitro benzene ring substituents is 1. The molecule has 7 nitrogen and oxygen atoms in total. The molecule has 2 rings (SSSR count). The van der Waals surface area contributed by atoms with Crippen LogP contribution in [0.1, 0.15) is 0 Å². The summed E-state index contributed by atoms with van der Waals surface area (Å²) in [6, 6.07) is 7.10. The highest BCUT2D eigenvalue weighted by molar-refractivity contribution is 7.86. The van der Waals surface area contributed by atoms with Crippen molar-refractivity contribution in [3.63, 3.8) is 0 Å². The highest BCUT2D eigenvalue weighted by atomic mass is 35.5. The van der Waals surface area contributed by atoms with Gasteiger partial charge in [0.25, 0.3) is 15.8 Å². The SMILES string of the molecule is Cl.O=[N+]([O-])c1ccc(Oc2ccc(S(=O)(=O)O)c(Cl)c2)c(Cl)c1. The minimum absolute atomic E-state index is 0. The zero-order chi connectivity index (χ0) is 16.5. The van der Waals surface area contributed by atoms with Gasteiger partial charge in [0.05, 0.1) is 15.0 Å². The molecular weight excluding hydrogens is 393 g/mol. The first-order valence-electron chi connectivity index (χ1n) is 5.57. The molecule has 0 aromatic heterocycles. The second kappa shape index (κ2) is 7.33. The van der Waals surface area contributed by atoms with Crippen molar-refractivity contribution in [1.29, 1.82) is 0 Å². The summed E-state index contributed by atoms with van der Waals surface area (Å²) in [5, 5.41) is 10.4. The van der Waals surface area contributed by atoms with Gasteiger partial charge in [-0.05, 0) is 18.2 Å². The third-order valence-corrected chi connectivity index (χ3v) is 4.17. The van der Waals surface area contributed by atoms with E-state index in [1.807, 2.05) is 0 Å². The zero-order valence-corrected chi connectivity index (χ0v) is 14.1. The maximum Gasteiger partial charge on any atom is 0.296 e. The fraction of sp³-hybridized carbons (Fsp3) is 0. The van der Waals surface area contributed by atoms with Crippen LogP contribution < -0.4 is 4.74 Å². The Balaban J connectivity index is 0.00000264. The Labute approximate surface area is 147 Å². The van der Waals surface area contributed by atoms with Crippen LogP contribution in [-0.4, -0.2) is 17.9 Å². The van der Waals surface area contributed by atoms with E-state index < -0.39 is 19.9 Å². The Morgan fingerprint density at radius 3 is 2.22 bits per heavy atom. The van der Waals surface area contributed by atoms with Gasteiger partial charge in [0, 0.05) is 18.2 Å². The van der Waals surface area contributed by atoms with Crippen molar-refractivity contribution in [1.82, 2.24) is 0 Å². The Morgan fingerprint density at radius 2 is 1.74 bits per heavy atom. The average Bonchev–Trinajstić information content (AvgIpc) is 2.39. The molecule has 0 atom stereocenters. The first kappa shape index (κ1) is 19.5. The molecule has 0 saturated carbocycles. The summed E-state index contributed by atoms with van der Waals surface area (Å²) in [6.45, 7) is 0. The molecule has 0 unspecified atom stereocenters. The summed E-state index contributed by atoms with van der Waals surface area (Å²) in [7, 11) is -4.43. The summed E-state index contributed by atoms with van der Waals surface area (Å²) >= 11 is 11.6. The van der Waals surface area contributed by atoms with Crippen LogP contribution in [0.3, 0.4) is 0 Å². The second-order valence-corrected chi connectivity index (χ2v) is 6.25. The van der Waals surface area contributed by atoms with Crippen molar-refractivity contribution in [2.24, 2.45) is 0 Å². The molecule has 2 aromatic rings. The molecule has 0 saturated heterocycles. The van der Waals surface area contributed by atoms with Gasteiger partial charge in [-0.25, -0.2) is 0 Å². The summed E-state index contributed by atoms with van der Waals surface area (Å²) in [5.74, 6) is 0.274. The van der Waals surface area contributed by atoms with Crippen LogP contribution in [0.15, 0.2) is 41.3 Å². The molecule has 2 aromatic carbocycles. The number of nitro benzene ring substituents is 1. The van der Waals surface area contributed by atoms with Crippen molar-refractivity contribution in [3.8, 4) is 11.5 Å². The van der Waals surface area contributed by atoms with Crippen molar-refractivity contribution in [2.75, 3.05) is 0 Å². The number of nitrogens with zero attached hydrogens (tertiary/aromatic N) is 1. The third-order valence-electron chi connectivity index (χ3n) is 2.54. The van der Waals surface area contributed by atoms with E-state index in [9.17, 15) is 18.5 Å². The van der Waals surface area contributed by atoms with Gasteiger partial charge in [-0.3, -0.25) is 14.7 Å². The van der Waals surface area contributed by atoms with Crippen molar-refractivity contribution >= 4 is 51.4 Å². The molecule has 11 heteroatoms. The maximum atomic E-state index is 11.0. The molecule has 0 heterocycles. The number of halogens is 3. The van der Waals surface area contributed by atoms with Gasteiger partial charge in [0.1, 0.15) is 16.4 Å². The number of hydrogen-bond donors (Lipinski definition) is 1. The van der Waals surface area contributed by atoms with E-state index in [1.54, 1.807) is 0 Å². The smallest absolute Gasteiger partial charge is 0.296 e. The van der Waals surface area contributed by atoms with Gasteiger partial charge in [0.15, 0.2) is 0 Å². The van der Waals surface area contributed by atoms with E-state index >= 15 is 0 Å². The standard InChI is InChI=1S/C12H7Cl2NO6S.ClH/c13-9-5-7(15(16)17)1-3-11(9)21-8-2-4-12(10(14)6-8)22(18,19)20;/h1-6H,(H,18,19,20);1H. The van der Waals surface area contributed by atoms with Gasteiger partial charge in [-0.15, -0.1) is 12.4 Å². The number of hydrogen-bond acceptors (Lipinski definition) is 5. The van der Waals surface area contributed by atoms with E-state index in [2.05, 4.69) is 0 Å². The first-order chi connectivity index (χ1) is 10.2. The molecule has 0 radical (unpaired) electrons. The molecule has 0 aliphatic carbocycles. The molecule has 0 bridgehead atoms. The van der Waals surface area contributed by atoms with Gasteiger partial charge in [0.2, 0.25) is 0 Å². The Kier molecular flexibility index (Phi) is 6.20. The lowest BCUT2D eigenvalue weighted by Gasteiger charge is -2.09. The predicted molar refractivity (Wildman–Crippen MR) is 86.7 cm³/mol. The van der Waals surface area contributed by atoms with E-state index in [0.29, 0.717) is 0 Å². The van der Waals surface area contributed by atoms with Gasteiger partial charge in [-0.2, -0.15) is 8.42 Å². The van der Waals surface area contributed by atoms with Crippen LogP contribution in [-0.2, 0) is 10.1 Å². The van der Waals surface area contributed by atoms with Crippen LogP contribution in [0, 0.1) is 10.1 Å². The molecule has 124 valence electrons. The maximum absolute atomic E-state index is 11.0. The Bertz CT molecular complexity index is 856. The van der Waals surface area contributed by atoms with Crippen LogP contribution in [0.2, 0.25) is 10.0 Å². The molecule has 0 aliphatic rings. The molecular formula is C12H8Cl3NO6S. The van der Waals surface area contributed by atoms with Crippen LogP contribution in [0.4, 0.5) is 5.69 Å². The Morgan fingerprint density at radius 1 is 1.09 bits per heavy atom. The van der Waals surface area contributed by atoms with E-state index in [-0.39, 0.29) is 39.6 Å². The van der Waals surface area contributed by atoms with E-state index in [1.165, 1.54) is 24.3 Å². The van der Waals surface area contributed by atoms with Gasteiger partial charge < -0.3 is 4.74 Å². The summed E-state index contributed by atoms with van der Waals surface area (Å²) in [4.78, 5) is 9.54. The largest absolute Gasteiger partial charge is 0.456 e. The lowest BCUT2D eigenvalue weighted by molar-refractivity contribution is -0.384. The predicted octanol–water partition coefficient (Wildman–Crippen LogP) is 4.36. The lowest BCUT2D eigenvalue weighted by Crippen LogP contribution is -1.99. The van der Waals surface area contributed by atoms with Crippen molar-refractivity contribution in [3.05, 3.63) is 56.6 Å². The molecule has 23 heavy (non-hydrogen) atoms. The highest BCUT2D eigenvalue weighted by Crippen LogP contribution is 2.34. The molecule has 0 fully saturated rings. The quantitative estimate of drug-likeness (QED) is 0.464. The number of nitro groups is 1. The van der Waals surface area contributed by atoms with Crippen LogP contribution in [0.5, 0.6) is 11.5 Å². The highest BCUT2D eigenvalue weighted by Gasteiger charge is 2.16. The summed E-state index contributed by atoms with van der Waals surface area (Å²) in [6.07, 6.45) is 0. The number of ether oxygens (including phenoxy) is 1. The summed E-state index contributed by atoms with van der Waals surface area (Å²) < 4.78 is 36.4. The topological polar surface area (TPSA) is 107 Å². The van der Waals surface area contributed by atoms with Crippen molar-refractivity contribution in [2.45, 2.75) is 4.90 Å².